The summed E-state index contributed by atoms with van der Waals surface area (Å²) in [5.74, 6) is 0. The van der Waals surface area contributed by atoms with Crippen LogP contribution in [0.3, 0.4) is 0 Å². The highest BCUT2D eigenvalue weighted by atomic mass is 19.4. The van der Waals surface area contributed by atoms with Gasteiger partial charge >= 0.3 is 6.18 Å². The minimum atomic E-state index is -4.27. The number of hydrogen-bond donors (Lipinski definition) is 1. The third kappa shape index (κ3) is 3.63. The Kier molecular flexibility index (Phi) is 4.62. The minimum absolute atomic E-state index is 0.493. The van der Waals surface area contributed by atoms with Crippen LogP contribution in [0.15, 0.2) is 0 Å². The number of halogens is 3. The van der Waals surface area contributed by atoms with E-state index < -0.39 is 17.9 Å². The Bertz CT molecular complexity index is 206. The van der Waals surface area contributed by atoms with E-state index in [-0.39, 0.29) is 0 Å². The van der Waals surface area contributed by atoms with Crippen molar-refractivity contribution in [3.63, 3.8) is 0 Å². The van der Waals surface area contributed by atoms with Crippen LogP contribution in [0.2, 0.25) is 0 Å². The minimum Gasteiger partial charge on any atom is -0.361 e. The van der Waals surface area contributed by atoms with Crippen molar-refractivity contribution in [1.82, 2.24) is 5.32 Å². The van der Waals surface area contributed by atoms with E-state index in [1.165, 1.54) is 0 Å². The van der Waals surface area contributed by atoms with Crippen LogP contribution in [0.4, 0.5) is 13.2 Å². The number of alkyl halides is 3. The predicted octanol–water partition coefficient (Wildman–Crippen LogP) is 2.88. The molecule has 0 aliphatic heterocycles. The van der Waals surface area contributed by atoms with E-state index >= 15 is 0 Å². The lowest BCUT2D eigenvalue weighted by molar-refractivity contribution is -0.251. The van der Waals surface area contributed by atoms with E-state index in [2.05, 4.69) is 5.32 Å². The van der Waals surface area contributed by atoms with Crippen molar-refractivity contribution in [1.29, 1.82) is 0 Å². The Labute approximate surface area is 94.5 Å². The van der Waals surface area contributed by atoms with Crippen LogP contribution in [0, 0.1) is 0 Å². The molecule has 16 heavy (non-hydrogen) atoms. The predicted molar refractivity (Wildman–Crippen MR) is 56.3 cm³/mol. The van der Waals surface area contributed by atoms with Gasteiger partial charge in [-0.2, -0.15) is 13.2 Å². The van der Waals surface area contributed by atoms with Gasteiger partial charge in [-0.05, 0) is 26.8 Å². The quantitative estimate of drug-likeness (QED) is 0.814. The topological polar surface area (TPSA) is 21.3 Å². The Morgan fingerprint density at radius 2 is 1.81 bits per heavy atom. The lowest BCUT2D eigenvalue weighted by atomic mass is 9.84. The molecule has 1 fully saturated rings. The first-order chi connectivity index (χ1) is 7.40. The zero-order valence-electron chi connectivity index (χ0n) is 9.86. The molecule has 2 nitrogen and oxygen atoms in total. The molecule has 1 atom stereocenters. The van der Waals surface area contributed by atoms with Crippen LogP contribution in [-0.2, 0) is 4.74 Å². The lowest BCUT2D eigenvalue weighted by Gasteiger charge is -2.39. The molecule has 1 aliphatic carbocycles. The Morgan fingerprint density at radius 3 is 2.25 bits per heavy atom. The average Bonchev–Trinajstić information content (AvgIpc) is 2.17. The zero-order chi connectivity index (χ0) is 12.2. The number of nitrogens with one attached hydrogen (secondary N) is 1. The molecule has 0 aromatic carbocycles. The van der Waals surface area contributed by atoms with Gasteiger partial charge in [-0.25, -0.2) is 0 Å². The van der Waals surface area contributed by atoms with Crippen LogP contribution in [0.25, 0.3) is 0 Å². The van der Waals surface area contributed by atoms with E-state index in [0.717, 1.165) is 26.2 Å². The van der Waals surface area contributed by atoms with E-state index in [1.54, 1.807) is 7.05 Å². The van der Waals surface area contributed by atoms with E-state index in [0.29, 0.717) is 19.4 Å². The fraction of sp³-hybridized carbons (Fsp3) is 1.00. The van der Waals surface area contributed by atoms with Gasteiger partial charge in [-0.15, -0.1) is 0 Å². The summed E-state index contributed by atoms with van der Waals surface area (Å²) >= 11 is 0. The summed E-state index contributed by atoms with van der Waals surface area (Å²) in [6.07, 6.45) is -1.52. The van der Waals surface area contributed by atoms with Crippen molar-refractivity contribution in [2.75, 3.05) is 13.6 Å². The van der Waals surface area contributed by atoms with Crippen molar-refractivity contribution in [2.24, 2.45) is 0 Å². The fourth-order valence-electron chi connectivity index (χ4n) is 2.30. The van der Waals surface area contributed by atoms with Crippen molar-refractivity contribution >= 4 is 0 Å². The number of ether oxygens (including phenoxy) is 1. The molecular weight excluding hydrogens is 219 g/mol. The molecule has 0 bridgehead atoms. The first kappa shape index (κ1) is 13.8. The maximum absolute atomic E-state index is 12.5. The highest BCUT2D eigenvalue weighted by molar-refractivity contribution is 4.88. The molecule has 0 heterocycles. The second-order valence-electron chi connectivity index (χ2n) is 4.58. The highest BCUT2D eigenvalue weighted by Crippen LogP contribution is 2.35. The number of hydrogen-bond acceptors (Lipinski definition) is 2. The van der Waals surface area contributed by atoms with Gasteiger partial charge in [0.15, 0.2) is 6.10 Å². The van der Waals surface area contributed by atoms with Gasteiger partial charge in [-0.3, -0.25) is 0 Å². The molecule has 0 amide bonds. The van der Waals surface area contributed by atoms with Crippen molar-refractivity contribution < 1.29 is 17.9 Å². The average molecular weight is 239 g/mol. The highest BCUT2D eigenvalue weighted by Gasteiger charge is 2.43. The van der Waals surface area contributed by atoms with E-state index in [9.17, 15) is 13.2 Å². The molecule has 5 heteroatoms. The van der Waals surface area contributed by atoms with Crippen molar-refractivity contribution in [3.05, 3.63) is 0 Å². The molecule has 0 spiro atoms. The Hall–Kier alpha value is -0.290. The summed E-state index contributed by atoms with van der Waals surface area (Å²) in [7, 11) is 1.75. The molecule has 1 N–H and O–H groups in total. The van der Waals surface area contributed by atoms with Crippen LogP contribution < -0.4 is 5.32 Å². The molecule has 1 unspecified atom stereocenters. The van der Waals surface area contributed by atoms with Crippen molar-refractivity contribution in [3.8, 4) is 0 Å². The zero-order valence-corrected chi connectivity index (χ0v) is 9.86. The first-order valence-corrected chi connectivity index (χ1v) is 5.79. The standard InChI is InChI=1S/C11H20F3NO/c1-9(11(12,13)14)16-10(8-15-2)6-4-3-5-7-10/h9,15H,3-8H2,1-2H3. The smallest absolute Gasteiger partial charge is 0.361 e. The van der Waals surface area contributed by atoms with Gasteiger partial charge in [0, 0.05) is 6.54 Å². The normalized spacial score (nSPS) is 23.1. The summed E-state index contributed by atoms with van der Waals surface area (Å²) in [5, 5.41) is 2.94. The SMILES string of the molecule is CNCC1(OC(C)C(F)(F)F)CCCCC1. The molecule has 0 aromatic rings. The van der Waals surface area contributed by atoms with Crippen LogP contribution in [0.1, 0.15) is 39.0 Å². The van der Waals surface area contributed by atoms with Gasteiger partial charge in [0.2, 0.25) is 0 Å². The molecule has 96 valence electrons. The fourth-order valence-corrected chi connectivity index (χ4v) is 2.30. The van der Waals surface area contributed by atoms with Gasteiger partial charge in [0.1, 0.15) is 0 Å². The molecular formula is C11H20F3NO. The van der Waals surface area contributed by atoms with E-state index in [4.69, 9.17) is 4.74 Å². The van der Waals surface area contributed by atoms with Crippen molar-refractivity contribution in [2.45, 2.75) is 56.9 Å². The third-order valence-corrected chi connectivity index (χ3v) is 3.15. The molecule has 0 radical (unpaired) electrons. The largest absolute Gasteiger partial charge is 0.414 e. The molecule has 1 saturated carbocycles. The number of likely N-dealkylation sites (N-methyl/N-ethyl adjacent to an activating group) is 1. The summed E-state index contributed by atoms with van der Waals surface area (Å²) in [4.78, 5) is 0. The summed E-state index contributed by atoms with van der Waals surface area (Å²) in [5.41, 5.74) is -0.623. The third-order valence-electron chi connectivity index (χ3n) is 3.15. The lowest BCUT2D eigenvalue weighted by Crippen LogP contribution is -2.48. The van der Waals surface area contributed by atoms with Gasteiger partial charge in [0.25, 0.3) is 0 Å². The van der Waals surface area contributed by atoms with Crippen LogP contribution in [-0.4, -0.2) is 31.5 Å². The van der Waals surface area contributed by atoms with Gasteiger partial charge in [-0.1, -0.05) is 19.3 Å². The van der Waals surface area contributed by atoms with Gasteiger partial charge in [0.05, 0.1) is 5.60 Å². The Balaban J connectivity index is 2.63. The second kappa shape index (κ2) is 5.36. The van der Waals surface area contributed by atoms with Gasteiger partial charge < -0.3 is 10.1 Å². The van der Waals surface area contributed by atoms with Crippen LogP contribution >= 0.6 is 0 Å². The summed E-state index contributed by atoms with van der Waals surface area (Å²) < 4.78 is 42.7. The second-order valence-corrected chi connectivity index (χ2v) is 4.58. The molecule has 0 saturated heterocycles. The summed E-state index contributed by atoms with van der Waals surface area (Å²) in [6.45, 7) is 1.58. The van der Waals surface area contributed by atoms with Crippen LogP contribution in [0.5, 0.6) is 0 Å². The van der Waals surface area contributed by atoms with E-state index in [1.807, 2.05) is 0 Å². The molecule has 1 rings (SSSR count). The maximum atomic E-state index is 12.5. The molecule has 0 aromatic heterocycles. The number of rotatable bonds is 4. The first-order valence-electron chi connectivity index (χ1n) is 5.79. The Morgan fingerprint density at radius 1 is 1.25 bits per heavy atom. The monoisotopic (exact) mass is 239 g/mol. The molecule has 1 aliphatic rings. The maximum Gasteiger partial charge on any atom is 0.414 e. The summed E-state index contributed by atoms with van der Waals surface area (Å²) in [6, 6.07) is 0.